The van der Waals surface area contributed by atoms with E-state index in [1.165, 1.54) is 12.1 Å². The van der Waals surface area contributed by atoms with Crippen LogP contribution >= 0.6 is 0 Å². The van der Waals surface area contributed by atoms with Gasteiger partial charge in [0.05, 0.1) is 18.2 Å². The van der Waals surface area contributed by atoms with Crippen molar-refractivity contribution in [2.75, 3.05) is 4.31 Å². The van der Waals surface area contributed by atoms with Gasteiger partial charge in [-0.15, -0.1) is 0 Å². The molecule has 0 aliphatic rings. The number of carbonyl (C=O) groups is 1. The van der Waals surface area contributed by atoms with E-state index >= 15 is 0 Å². The molecule has 1 aromatic heterocycles. The van der Waals surface area contributed by atoms with E-state index in [-0.39, 0.29) is 10.7 Å². The summed E-state index contributed by atoms with van der Waals surface area (Å²) in [4.78, 5) is 17.1. The fraction of sp³-hybridized carbons (Fsp3) is 0. The van der Waals surface area contributed by atoms with Crippen LogP contribution in [0.2, 0.25) is 0 Å². The average molecular weight is 267 g/mol. The van der Waals surface area contributed by atoms with E-state index < -0.39 is 16.1 Å². The third kappa shape index (κ3) is 2.05. The molecule has 7 nitrogen and oxygen atoms in total. The summed E-state index contributed by atoms with van der Waals surface area (Å²) in [5, 5.41) is 8.79. The number of benzene rings is 1. The van der Waals surface area contributed by atoms with Crippen LogP contribution in [0.5, 0.6) is 0 Å². The molecule has 0 saturated heterocycles. The van der Waals surface area contributed by atoms with E-state index in [1.54, 1.807) is 18.2 Å². The van der Waals surface area contributed by atoms with Crippen molar-refractivity contribution in [3.05, 3.63) is 42.9 Å². The number of aromatic amines is 1. The SMILES string of the molecule is O=C(O)N(c1ccccc1)S(=O)(=O)c1cnc[nH]1. The molecule has 1 aromatic carbocycles. The van der Waals surface area contributed by atoms with Crippen LogP contribution in [0.3, 0.4) is 0 Å². The van der Waals surface area contributed by atoms with Crippen molar-refractivity contribution in [3.63, 3.8) is 0 Å². The molecule has 2 aromatic rings. The number of rotatable bonds is 3. The molecule has 0 aliphatic carbocycles. The molecule has 0 atom stereocenters. The number of nitrogens with one attached hydrogen (secondary N) is 1. The van der Waals surface area contributed by atoms with E-state index in [9.17, 15) is 13.2 Å². The summed E-state index contributed by atoms with van der Waals surface area (Å²) in [6.07, 6.45) is 0.627. The Morgan fingerprint density at radius 2 is 1.94 bits per heavy atom. The largest absolute Gasteiger partial charge is 0.464 e. The number of hydrogen-bond donors (Lipinski definition) is 2. The number of imidazole rings is 1. The third-order valence-electron chi connectivity index (χ3n) is 2.16. The predicted octanol–water partition coefficient (Wildman–Crippen LogP) is 1.28. The van der Waals surface area contributed by atoms with Gasteiger partial charge < -0.3 is 10.1 Å². The number of aromatic nitrogens is 2. The highest BCUT2D eigenvalue weighted by Crippen LogP contribution is 2.21. The van der Waals surface area contributed by atoms with Crippen molar-refractivity contribution in [1.82, 2.24) is 9.97 Å². The Morgan fingerprint density at radius 1 is 1.28 bits per heavy atom. The van der Waals surface area contributed by atoms with E-state index in [2.05, 4.69) is 9.97 Å². The number of para-hydroxylation sites is 1. The molecule has 8 heteroatoms. The van der Waals surface area contributed by atoms with Gasteiger partial charge in [0.15, 0.2) is 5.03 Å². The van der Waals surface area contributed by atoms with Crippen LogP contribution in [0.1, 0.15) is 0 Å². The van der Waals surface area contributed by atoms with Gasteiger partial charge in [-0.1, -0.05) is 18.2 Å². The summed E-state index contributed by atoms with van der Waals surface area (Å²) in [7, 11) is -4.19. The molecule has 0 spiro atoms. The average Bonchev–Trinajstić information content (AvgIpc) is 2.83. The maximum atomic E-state index is 12.1. The van der Waals surface area contributed by atoms with Crippen LogP contribution in [-0.4, -0.2) is 29.6 Å². The Bertz CT molecular complexity index is 637. The van der Waals surface area contributed by atoms with E-state index in [4.69, 9.17) is 5.11 Å². The molecule has 2 rings (SSSR count). The van der Waals surface area contributed by atoms with E-state index in [1.807, 2.05) is 0 Å². The van der Waals surface area contributed by atoms with Crippen LogP contribution in [0, 0.1) is 0 Å². The molecule has 0 bridgehead atoms. The van der Waals surface area contributed by atoms with Crippen LogP contribution in [0.25, 0.3) is 0 Å². The first-order chi connectivity index (χ1) is 8.53. The molecule has 0 radical (unpaired) electrons. The summed E-state index contributed by atoms with van der Waals surface area (Å²) in [6, 6.07) is 7.54. The smallest absolute Gasteiger partial charge is 0.426 e. The Hall–Kier alpha value is -2.35. The monoisotopic (exact) mass is 267 g/mol. The maximum absolute atomic E-state index is 12.1. The van der Waals surface area contributed by atoms with Crippen molar-refractivity contribution in [3.8, 4) is 0 Å². The van der Waals surface area contributed by atoms with Crippen molar-refractivity contribution in [2.45, 2.75) is 5.03 Å². The number of sulfonamides is 1. The Balaban J connectivity index is 2.54. The Morgan fingerprint density at radius 3 is 2.44 bits per heavy atom. The second-order valence-corrected chi connectivity index (χ2v) is 5.06. The summed E-state index contributed by atoms with van der Waals surface area (Å²) in [5.74, 6) is 0. The summed E-state index contributed by atoms with van der Waals surface area (Å²) >= 11 is 0. The summed E-state index contributed by atoms with van der Waals surface area (Å²) < 4.78 is 24.5. The van der Waals surface area contributed by atoms with Gasteiger partial charge in [-0.3, -0.25) is 0 Å². The highest BCUT2D eigenvalue weighted by molar-refractivity contribution is 7.93. The lowest BCUT2D eigenvalue weighted by atomic mass is 10.3. The van der Waals surface area contributed by atoms with Gasteiger partial charge >= 0.3 is 6.09 Å². The van der Waals surface area contributed by atoms with Gasteiger partial charge in [0.2, 0.25) is 0 Å². The quantitative estimate of drug-likeness (QED) is 0.871. The number of anilines is 1. The van der Waals surface area contributed by atoms with Crippen LogP contribution in [-0.2, 0) is 10.0 Å². The topological polar surface area (TPSA) is 103 Å². The summed E-state index contributed by atoms with van der Waals surface area (Å²) in [6.45, 7) is 0. The second-order valence-electron chi connectivity index (χ2n) is 3.30. The molecular weight excluding hydrogens is 258 g/mol. The molecule has 1 amide bonds. The zero-order valence-electron chi connectivity index (χ0n) is 9.02. The van der Waals surface area contributed by atoms with Gasteiger partial charge in [-0.05, 0) is 12.1 Å². The number of hydrogen-bond acceptors (Lipinski definition) is 4. The number of carboxylic acid groups (broad SMARTS) is 1. The lowest BCUT2D eigenvalue weighted by molar-refractivity contribution is 0.206. The fourth-order valence-electron chi connectivity index (χ4n) is 1.40. The third-order valence-corrected chi connectivity index (χ3v) is 3.78. The van der Waals surface area contributed by atoms with Crippen molar-refractivity contribution in [1.29, 1.82) is 0 Å². The molecule has 2 N–H and O–H groups in total. The zero-order valence-corrected chi connectivity index (χ0v) is 9.83. The minimum absolute atomic E-state index is 0.0413. The number of H-pyrrole nitrogens is 1. The van der Waals surface area contributed by atoms with Crippen LogP contribution in [0.4, 0.5) is 10.5 Å². The minimum Gasteiger partial charge on any atom is -0.464 e. The van der Waals surface area contributed by atoms with E-state index in [0.29, 0.717) is 4.31 Å². The van der Waals surface area contributed by atoms with Gasteiger partial charge in [0, 0.05) is 0 Å². The highest BCUT2D eigenvalue weighted by atomic mass is 32.2. The number of amides is 1. The first-order valence-corrected chi connectivity index (χ1v) is 6.29. The van der Waals surface area contributed by atoms with Crippen molar-refractivity contribution < 1.29 is 18.3 Å². The lowest BCUT2D eigenvalue weighted by Crippen LogP contribution is -2.35. The van der Waals surface area contributed by atoms with Gasteiger partial charge in [-0.25, -0.2) is 9.78 Å². The fourth-order valence-corrected chi connectivity index (χ4v) is 2.60. The predicted molar refractivity (Wildman–Crippen MR) is 62.7 cm³/mol. The van der Waals surface area contributed by atoms with Crippen LogP contribution < -0.4 is 4.31 Å². The maximum Gasteiger partial charge on any atom is 0.426 e. The van der Waals surface area contributed by atoms with Crippen molar-refractivity contribution in [2.24, 2.45) is 0 Å². The standard InChI is InChI=1S/C10H9N3O4S/c14-10(15)13(8-4-2-1-3-5-8)18(16,17)9-6-11-7-12-9/h1-7H,(H,11,12)(H,14,15). The molecular formula is C10H9N3O4S. The Kier molecular flexibility index (Phi) is 3.02. The van der Waals surface area contributed by atoms with Crippen LogP contribution in [0.15, 0.2) is 47.9 Å². The molecule has 0 saturated carbocycles. The molecule has 0 fully saturated rings. The van der Waals surface area contributed by atoms with Gasteiger partial charge in [-0.2, -0.15) is 12.7 Å². The molecule has 0 aliphatic heterocycles. The Labute approximate surface area is 103 Å². The molecule has 1 heterocycles. The van der Waals surface area contributed by atoms with Crippen molar-refractivity contribution >= 4 is 21.8 Å². The summed E-state index contributed by atoms with van der Waals surface area (Å²) in [5.41, 5.74) is 0.0413. The van der Waals surface area contributed by atoms with E-state index in [0.717, 1.165) is 12.5 Å². The van der Waals surface area contributed by atoms with Gasteiger partial charge in [0.1, 0.15) is 0 Å². The highest BCUT2D eigenvalue weighted by Gasteiger charge is 2.31. The second kappa shape index (κ2) is 4.49. The molecule has 94 valence electrons. The normalized spacial score (nSPS) is 11.1. The lowest BCUT2D eigenvalue weighted by Gasteiger charge is -2.17. The molecule has 0 unspecified atom stereocenters. The van der Waals surface area contributed by atoms with Gasteiger partial charge in [0.25, 0.3) is 10.0 Å². The first-order valence-electron chi connectivity index (χ1n) is 4.85. The number of nitrogens with zero attached hydrogens (tertiary/aromatic N) is 2. The molecule has 18 heavy (non-hydrogen) atoms. The zero-order chi connectivity index (χ0) is 13.2. The minimum atomic E-state index is -4.19. The first kappa shape index (κ1) is 12.1.